The molecular weight excluding hydrogens is 403 g/mol. The van der Waals surface area contributed by atoms with Crippen molar-refractivity contribution >= 4 is 17.5 Å². The minimum atomic E-state index is -1.00. The van der Waals surface area contributed by atoms with Crippen LogP contribution in [0.2, 0.25) is 0 Å². The SMILES string of the molecule is O=C(Nc1ccc([C@@H](O)[C@H]2COCC(=O)N2Cc2ccc(F)cc2)cc1)c1ccco1. The minimum absolute atomic E-state index is 0.0673. The predicted molar refractivity (Wildman–Crippen MR) is 110 cm³/mol. The monoisotopic (exact) mass is 424 g/mol. The summed E-state index contributed by atoms with van der Waals surface area (Å²) in [6, 6.07) is 15.1. The smallest absolute Gasteiger partial charge is 0.291 e. The van der Waals surface area contributed by atoms with Gasteiger partial charge in [-0.25, -0.2) is 4.39 Å². The second kappa shape index (κ2) is 9.11. The number of anilines is 1. The Balaban J connectivity index is 1.47. The van der Waals surface area contributed by atoms with Crippen LogP contribution in [0.3, 0.4) is 0 Å². The molecule has 7 nitrogen and oxygen atoms in total. The van der Waals surface area contributed by atoms with Crippen LogP contribution in [0.25, 0.3) is 0 Å². The van der Waals surface area contributed by atoms with E-state index in [0.717, 1.165) is 5.56 Å². The van der Waals surface area contributed by atoms with Crippen LogP contribution in [-0.4, -0.2) is 41.1 Å². The first kappa shape index (κ1) is 20.8. The lowest BCUT2D eigenvalue weighted by molar-refractivity contribution is -0.155. The van der Waals surface area contributed by atoms with Crippen LogP contribution in [0.1, 0.15) is 27.8 Å². The molecule has 8 heteroatoms. The molecule has 0 radical (unpaired) electrons. The van der Waals surface area contributed by atoms with Crippen molar-refractivity contribution in [3.05, 3.63) is 89.6 Å². The molecule has 0 bridgehead atoms. The molecule has 2 N–H and O–H groups in total. The van der Waals surface area contributed by atoms with Gasteiger partial charge in [0.15, 0.2) is 5.76 Å². The lowest BCUT2D eigenvalue weighted by Crippen LogP contribution is -2.51. The Morgan fingerprint density at radius 2 is 1.90 bits per heavy atom. The molecule has 1 aromatic heterocycles. The lowest BCUT2D eigenvalue weighted by atomic mass is 9.99. The molecule has 160 valence electrons. The summed E-state index contributed by atoms with van der Waals surface area (Å²) < 4.78 is 23.6. The standard InChI is InChI=1S/C23H21FN2O5/c24-17-7-3-15(4-8-17)12-26-19(13-30-14-21(26)27)22(28)16-5-9-18(10-6-16)25-23(29)20-2-1-11-31-20/h1-11,19,22,28H,12-14H2,(H,25,29)/t19-,22-/m1/s1. The van der Waals surface area contributed by atoms with E-state index in [9.17, 15) is 19.1 Å². The van der Waals surface area contributed by atoms with Crippen molar-refractivity contribution in [2.24, 2.45) is 0 Å². The van der Waals surface area contributed by atoms with Crippen molar-refractivity contribution in [1.29, 1.82) is 0 Å². The molecule has 1 aliphatic heterocycles. The molecular formula is C23H21FN2O5. The Morgan fingerprint density at radius 1 is 1.16 bits per heavy atom. The molecule has 0 spiro atoms. The number of furan rings is 1. The van der Waals surface area contributed by atoms with Gasteiger partial charge in [-0.05, 0) is 47.5 Å². The number of nitrogens with one attached hydrogen (secondary N) is 1. The van der Waals surface area contributed by atoms with Crippen LogP contribution in [0.5, 0.6) is 0 Å². The number of halogens is 1. The predicted octanol–water partition coefficient (Wildman–Crippen LogP) is 3.13. The molecule has 2 heterocycles. The third-order valence-electron chi connectivity index (χ3n) is 5.12. The molecule has 0 unspecified atom stereocenters. The average molecular weight is 424 g/mol. The molecule has 0 saturated carbocycles. The first-order chi connectivity index (χ1) is 15.0. The van der Waals surface area contributed by atoms with Crippen LogP contribution in [0.4, 0.5) is 10.1 Å². The summed E-state index contributed by atoms with van der Waals surface area (Å²) in [6.07, 6.45) is 0.416. The Bertz CT molecular complexity index is 1030. The number of rotatable bonds is 6. The summed E-state index contributed by atoms with van der Waals surface area (Å²) in [5.74, 6) is -0.789. The molecule has 4 rings (SSSR count). The minimum Gasteiger partial charge on any atom is -0.459 e. The summed E-state index contributed by atoms with van der Waals surface area (Å²) in [5, 5.41) is 13.7. The van der Waals surface area contributed by atoms with Crippen molar-refractivity contribution in [2.75, 3.05) is 18.5 Å². The van der Waals surface area contributed by atoms with Gasteiger partial charge in [0.05, 0.1) is 18.9 Å². The molecule has 0 aliphatic carbocycles. The lowest BCUT2D eigenvalue weighted by Gasteiger charge is -2.38. The van der Waals surface area contributed by atoms with Crippen LogP contribution >= 0.6 is 0 Å². The normalized spacial score (nSPS) is 17.4. The topological polar surface area (TPSA) is 92.0 Å². The molecule has 3 aromatic rings. The number of hydrogen-bond acceptors (Lipinski definition) is 5. The van der Waals surface area contributed by atoms with Crippen LogP contribution in [-0.2, 0) is 16.1 Å². The van der Waals surface area contributed by atoms with E-state index < -0.39 is 12.1 Å². The number of morpholine rings is 1. The summed E-state index contributed by atoms with van der Waals surface area (Å²) >= 11 is 0. The fourth-order valence-electron chi connectivity index (χ4n) is 3.46. The summed E-state index contributed by atoms with van der Waals surface area (Å²) in [5.41, 5.74) is 1.87. The largest absolute Gasteiger partial charge is 0.459 e. The zero-order valence-corrected chi connectivity index (χ0v) is 16.5. The number of benzene rings is 2. The zero-order valence-electron chi connectivity index (χ0n) is 16.5. The van der Waals surface area contributed by atoms with E-state index in [-0.39, 0.29) is 43.2 Å². The molecule has 1 saturated heterocycles. The summed E-state index contributed by atoms with van der Waals surface area (Å²) in [4.78, 5) is 26.1. The van der Waals surface area contributed by atoms with Gasteiger partial charge in [-0.15, -0.1) is 0 Å². The maximum absolute atomic E-state index is 13.2. The van der Waals surface area contributed by atoms with E-state index in [1.807, 2.05) is 0 Å². The fraction of sp³-hybridized carbons (Fsp3) is 0.217. The van der Waals surface area contributed by atoms with Gasteiger partial charge in [-0.1, -0.05) is 24.3 Å². The Kier molecular flexibility index (Phi) is 6.11. The van der Waals surface area contributed by atoms with Crippen molar-refractivity contribution in [2.45, 2.75) is 18.7 Å². The highest BCUT2D eigenvalue weighted by Crippen LogP contribution is 2.27. The third kappa shape index (κ3) is 4.82. The van der Waals surface area contributed by atoms with E-state index >= 15 is 0 Å². The molecule has 1 fully saturated rings. The van der Waals surface area contributed by atoms with Crippen LogP contribution in [0, 0.1) is 5.82 Å². The van der Waals surface area contributed by atoms with Gasteiger partial charge in [0.1, 0.15) is 18.5 Å². The van der Waals surface area contributed by atoms with Crippen molar-refractivity contribution < 1.29 is 28.2 Å². The van der Waals surface area contributed by atoms with E-state index in [0.29, 0.717) is 11.3 Å². The van der Waals surface area contributed by atoms with Gasteiger partial charge in [0.25, 0.3) is 5.91 Å². The number of carbonyl (C=O) groups is 2. The third-order valence-corrected chi connectivity index (χ3v) is 5.12. The van der Waals surface area contributed by atoms with Gasteiger partial charge >= 0.3 is 0 Å². The Hall–Kier alpha value is -3.49. The quantitative estimate of drug-likeness (QED) is 0.634. The number of carbonyl (C=O) groups excluding carboxylic acids is 2. The zero-order chi connectivity index (χ0) is 21.8. The van der Waals surface area contributed by atoms with E-state index in [1.54, 1.807) is 53.4 Å². The number of ether oxygens (including phenoxy) is 1. The van der Waals surface area contributed by atoms with Gasteiger partial charge in [0, 0.05) is 12.2 Å². The van der Waals surface area contributed by atoms with Crippen LogP contribution < -0.4 is 5.32 Å². The molecule has 1 aliphatic rings. The van der Waals surface area contributed by atoms with Crippen molar-refractivity contribution in [3.8, 4) is 0 Å². The van der Waals surface area contributed by atoms with Crippen LogP contribution in [0.15, 0.2) is 71.3 Å². The van der Waals surface area contributed by atoms with Gasteiger partial charge in [-0.3, -0.25) is 9.59 Å². The molecule has 2 aromatic carbocycles. The van der Waals surface area contributed by atoms with E-state index in [4.69, 9.17) is 9.15 Å². The van der Waals surface area contributed by atoms with E-state index in [2.05, 4.69) is 5.32 Å². The number of nitrogens with zero attached hydrogens (tertiary/aromatic N) is 1. The summed E-state index contributed by atoms with van der Waals surface area (Å²) in [6.45, 7) is 0.342. The molecule has 2 amide bonds. The second-order valence-electron chi connectivity index (χ2n) is 7.23. The Labute approximate surface area is 178 Å². The fourth-order valence-corrected chi connectivity index (χ4v) is 3.46. The molecule has 2 atom stereocenters. The number of amides is 2. The summed E-state index contributed by atoms with van der Waals surface area (Å²) in [7, 11) is 0. The number of aliphatic hydroxyl groups excluding tert-OH is 1. The van der Waals surface area contributed by atoms with Crippen molar-refractivity contribution in [1.82, 2.24) is 4.90 Å². The average Bonchev–Trinajstić information content (AvgIpc) is 3.32. The number of aliphatic hydroxyl groups is 1. The van der Waals surface area contributed by atoms with Crippen molar-refractivity contribution in [3.63, 3.8) is 0 Å². The van der Waals surface area contributed by atoms with Gasteiger partial charge in [0.2, 0.25) is 5.91 Å². The van der Waals surface area contributed by atoms with Gasteiger partial charge in [-0.2, -0.15) is 0 Å². The first-order valence-corrected chi connectivity index (χ1v) is 9.76. The highest BCUT2D eigenvalue weighted by atomic mass is 19.1. The number of hydrogen-bond donors (Lipinski definition) is 2. The maximum atomic E-state index is 13.2. The highest BCUT2D eigenvalue weighted by Gasteiger charge is 2.34. The maximum Gasteiger partial charge on any atom is 0.291 e. The first-order valence-electron chi connectivity index (χ1n) is 9.76. The highest BCUT2D eigenvalue weighted by molar-refractivity contribution is 6.02. The van der Waals surface area contributed by atoms with Gasteiger partial charge < -0.3 is 24.5 Å². The molecule has 31 heavy (non-hydrogen) atoms. The van der Waals surface area contributed by atoms with E-state index in [1.165, 1.54) is 18.4 Å². The Morgan fingerprint density at radius 3 is 2.58 bits per heavy atom. The second-order valence-corrected chi connectivity index (χ2v) is 7.23.